The van der Waals surface area contributed by atoms with Crippen molar-refractivity contribution in [2.24, 2.45) is 0 Å². The van der Waals surface area contributed by atoms with Crippen molar-refractivity contribution in [3.63, 3.8) is 0 Å². The van der Waals surface area contributed by atoms with E-state index >= 15 is 0 Å². The summed E-state index contributed by atoms with van der Waals surface area (Å²) in [5.74, 6) is 0.568. The van der Waals surface area contributed by atoms with Crippen molar-refractivity contribution in [2.45, 2.75) is 18.9 Å². The molecule has 0 aliphatic carbocycles. The van der Waals surface area contributed by atoms with Crippen molar-refractivity contribution in [2.75, 3.05) is 20.3 Å². The van der Waals surface area contributed by atoms with Gasteiger partial charge in [-0.05, 0) is 48.4 Å². The van der Waals surface area contributed by atoms with E-state index in [2.05, 4.69) is 5.32 Å². The fourth-order valence-electron chi connectivity index (χ4n) is 3.13. The number of ether oxygens (including phenoxy) is 2. The lowest BCUT2D eigenvalue weighted by atomic mass is 9.87. The molecular formula is C20H21FN2O4. The molecule has 3 amide bonds. The van der Waals surface area contributed by atoms with E-state index < -0.39 is 17.4 Å². The van der Waals surface area contributed by atoms with E-state index in [-0.39, 0.29) is 19.1 Å². The molecule has 7 heteroatoms. The predicted molar refractivity (Wildman–Crippen MR) is 97.1 cm³/mol. The van der Waals surface area contributed by atoms with Crippen LogP contribution < -0.4 is 14.8 Å². The first-order valence-corrected chi connectivity index (χ1v) is 8.67. The molecule has 0 saturated carbocycles. The Balaban J connectivity index is 1.68. The number of nitrogens with one attached hydrogen (secondary N) is 1. The number of rotatable bonds is 7. The van der Waals surface area contributed by atoms with E-state index in [9.17, 15) is 14.0 Å². The summed E-state index contributed by atoms with van der Waals surface area (Å²) in [6.07, 6.45) is 0.360. The average Bonchev–Trinajstić information content (AvgIpc) is 2.94. The molecule has 1 unspecified atom stereocenters. The van der Waals surface area contributed by atoms with Crippen molar-refractivity contribution in [1.82, 2.24) is 10.2 Å². The Morgan fingerprint density at radius 1 is 1.04 bits per heavy atom. The Labute approximate surface area is 156 Å². The van der Waals surface area contributed by atoms with Crippen LogP contribution in [0.15, 0.2) is 48.5 Å². The molecule has 142 valence electrons. The summed E-state index contributed by atoms with van der Waals surface area (Å²) >= 11 is 0. The molecule has 27 heavy (non-hydrogen) atoms. The van der Waals surface area contributed by atoms with Gasteiger partial charge in [0.15, 0.2) is 0 Å². The van der Waals surface area contributed by atoms with E-state index in [0.29, 0.717) is 23.5 Å². The lowest BCUT2D eigenvalue weighted by Crippen LogP contribution is -2.43. The zero-order chi connectivity index (χ0) is 19.4. The Morgan fingerprint density at radius 2 is 1.67 bits per heavy atom. The highest BCUT2D eigenvalue weighted by Crippen LogP contribution is 2.32. The average molecular weight is 372 g/mol. The molecule has 1 saturated heterocycles. The number of imide groups is 1. The van der Waals surface area contributed by atoms with Crippen LogP contribution in [0.5, 0.6) is 11.5 Å². The second kappa shape index (κ2) is 7.65. The lowest BCUT2D eigenvalue weighted by Gasteiger charge is -2.25. The van der Waals surface area contributed by atoms with Gasteiger partial charge in [-0.3, -0.25) is 9.69 Å². The van der Waals surface area contributed by atoms with Crippen LogP contribution in [0.3, 0.4) is 0 Å². The Hall–Kier alpha value is -3.09. The highest BCUT2D eigenvalue weighted by Gasteiger charge is 2.51. The van der Waals surface area contributed by atoms with E-state index in [1.54, 1.807) is 38.3 Å². The molecule has 0 spiro atoms. The van der Waals surface area contributed by atoms with E-state index in [1.165, 1.54) is 24.3 Å². The number of halogens is 1. The molecule has 6 nitrogen and oxygen atoms in total. The molecule has 0 aromatic heterocycles. The number of hydrogen-bond donors (Lipinski definition) is 1. The zero-order valence-electron chi connectivity index (χ0n) is 15.2. The number of urea groups is 1. The van der Waals surface area contributed by atoms with Crippen molar-refractivity contribution < 1.29 is 23.5 Å². The molecule has 1 atom stereocenters. The molecule has 2 aromatic carbocycles. The number of benzene rings is 2. The first-order valence-electron chi connectivity index (χ1n) is 8.67. The van der Waals surface area contributed by atoms with Gasteiger partial charge in [0.25, 0.3) is 5.91 Å². The van der Waals surface area contributed by atoms with Crippen molar-refractivity contribution in [3.8, 4) is 11.5 Å². The van der Waals surface area contributed by atoms with Gasteiger partial charge in [-0.25, -0.2) is 9.18 Å². The summed E-state index contributed by atoms with van der Waals surface area (Å²) < 4.78 is 23.9. The van der Waals surface area contributed by atoms with E-state index in [4.69, 9.17) is 9.47 Å². The second-order valence-corrected chi connectivity index (χ2v) is 6.18. The third-order valence-corrected chi connectivity index (χ3v) is 4.69. The summed E-state index contributed by atoms with van der Waals surface area (Å²) in [5, 5.41) is 2.76. The fourth-order valence-corrected chi connectivity index (χ4v) is 3.13. The van der Waals surface area contributed by atoms with Crippen molar-refractivity contribution in [3.05, 3.63) is 59.9 Å². The van der Waals surface area contributed by atoms with Gasteiger partial charge in [-0.2, -0.15) is 0 Å². The van der Waals surface area contributed by atoms with E-state index in [1.807, 2.05) is 0 Å². The first-order chi connectivity index (χ1) is 13.0. The maximum atomic E-state index is 13.2. The predicted octanol–water partition coefficient (Wildman–Crippen LogP) is 3.07. The standard InChI is InChI=1S/C20H21FN2O4/c1-3-20(14-4-6-15(21)7-5-14)18(24)23(19(25)22-20)12-13-27-17-10-8-16(26-2)9-11-17/h4-11H,3,12-13H2,1-2H3,(H,22,25). The second-order valence-electron chi connectivity index (χ2n) is 6.18. The highest BCUT2D eigenvalue weighted by atomic mass is 19.1. The minimum Gasteiger partial charge on any atom is -0.497 e. The SMILES string of the molecule is CCC1(c2ccc(F)cc2)NC(=O)N(CCOc2ccc(OC)cc2)C1=O. The fraction of sp³-hybridized carbons (Fsp3) is 0.300. The number of methoxy groups -OCH3 is 1. The number of nitrogens with zero attached hydrogens (tertiary/aromatic N) is 1. The van der Waals surface area contributed by atoms with Crippen LogP contribution in [-0.2, 0) is 10.3 Å². The van der Waals surface area contributed by atoms with Gasteiger partial charge < -0.3 is 14.8 Å². The molecule has 2 aromatic rings. The van der Waals surface area contributed by atoms with Crippen LogP contribution >= 0.6 is 0 Å². The summed E-state index contributed by atoms with van der Waals surface area (Å²) in [6.45, 7) is 2.08. The molecule has 1 aliphatic rings. The zero-order valence-corrected chi connectivity index (χ0v) is 15.2. The van der Waals surface area contributed by atoms with Gasteiger partial charge in [0.05, 0.1) is 13.7 Å². The summed E-state index contributed by atoms with van der Waals surface area (Å²) in [6, 6.07) is 12.1. The highest BCUT2D eigenvalue weighted by molar-refractivity contribution is 6.07. The number of amides is 3. The quantitative estimate of drug-likeness (QED) is 0.759. The smallest absolute Gasteiger partial charge is 0.325 e. The molecule has 1 aliphatic heterocycles. The molecule has 3 rings (SSSR count). The number of carbonyl (C=O) groups is 2. The Kier molecular flexibility index (Phi) is 5.30. The largest absolute Gasteiger partial charge is 0.497 e. The van der Waals surface area contributed by atoms with Gasteiger partial charge in [0, 0.05) is 0 Å². The molecule has 1 heterocycles. The minimum absolute atomic E-state index is 0.111. The van der Waals surface area contributed by atoms with Crippen molar-refractivity contribution in [1.29, 1.82) is 0 Å². The summed E-state index contributed by atoms with van der Waals surface area (Å²) in [7, 11) is 1.58. The molecule has 1 fully saturated rings. The van der Waals surface area contributed by atoms with Crippen LogP contribution in [0.2, 0.25) is 0 Å². The molecule has 0 radical (unpaired) electrons. The normalized spacial score (nSPS) is 19.1. The Morgan fingerprint density at radius 3 is 2.26 bits per heavy atom. The van der Waals surface area contributed by atoms with Gasteiger partial charge in [0.2, 0.25) is 0 Å². The molecule has 0 bridgehead atoms. The molecule has 1 N–H and O–H groups in total. The van der Waals surface area contributed by atoms with Crippen LogP contribution in [0.25, 0.3) is 0 Å². The van der Waals surface area contributed by atoms with Gasteiger partial charge in [-0.1, -0.05) is 19.1 Å². The molecular weight excluding hydrogens is 351 g/mol. The summed E-state index contributed by atoms with van der Waals surface area (Å²) in [5.41, 5.74) is -0.617. The maximum Gasteiger partial charge on any atom is 0.325 e. The summed E-state index contributed by atoms with van der Waals surface area (Å²) in [4.78, 5) is 26.5. The lowest BCUT2D eigenvalue weighted by molar-refractivity contribution is -0.132. The van der Waals surface area contributed by atoms with Gasteiger partial charge in [0.1, 0.15) is 29.5 Å². The van der Waals surface area contributed by atoms with Crippen molar-refractivity contribution >= 4 is 11.9 Å². The van der Waals surface area contributed by atoms with E-state index in [0.717, 1.165) is 4.90 Å². The first kappa shape index (κ1) is 18.7. The van der Waals surface area contributed by atoms with Crippen LogP contribution in [0.4, 0.5) is 9.18 Å². The third kappa shape index (κ3) is 3.58. The topological polar surface area (TPSA) is 67.9 Å². The minimum atomic E-state index is -1.18. The Bertz CT molecular complexity index is 823. The van der Waals surface area contributed by atoms with Crippen LogP contribution in [0, 0.1) is 5.82 Å². The third-order valence-electron chi connectivity index (χ3n) is 4.69. The van der Waals surface area contributed by atoms with Crippen LogP contribution in [0.1, 0.15) is 18.9 Å². The van der Waals surface area contributed by atoms with Gasteiger partial charge >= 0.3 is 6.03 Å². The maximum absolute atomic E-state index is 13.2. The number of hydrogen-bond acceptors (Lipinski definition) is 4. The number of carbonyl (C=O) groups excluding carboxylic acids is 2. The van der Waals surface area contributed by atoms with Gasteiger partial charge in [-0.15, -0.1) is 0 Å². The monoisotopic (exact) mass is 372 g/mol. The van der Waals surface area contributed by atoms with Crippen LogP contribution in [-0.4, -0.2) is 37.1 Å².